The summed E-state index contributed by atoms with van der Waals surface area (Å²) < 4.78 is 2.38. The van der Waals surface area contributed by atoms with Crippen LogP contribution < -0.4 is 0 Å². The predicted molar refractivity (Wildman–Crippen MR) is 56.8 cm³/mol. The molecule has 0 saturated heterocycles. The monoisotopic (exact) mass is 214 g/mol. The van der Waals surface area contributed by atoms with E-state index >= 15 is 0 Å². The molecule has 6 heteroatoms. The fraction of sp³-hybridized carbons (Fsp3) is 0.571. The predicted octanol–water partition coefficient (Wildman–Crippen LogP) is 1.67. The Morgan fingerprint density at radius 2 is 2.62 bits per heavy atom. The van der Waals surface area contributed by atoms with Gasteiger partial charge in [-0.3, -0.25) is 5.10 Å². The van der Waals surface area contributed by atoms with Gasteiger partial charge in [0.25, 0.3) is 0 Å². The molecule has 1 aromatic rings. The second-order valence-electron chi connectivity index (χ2n) is 3.02. The van der Waals surface area contributed by atoms with Crippen molar-refractivity contribution in [2.24, 2.45) is 5.10 Å². The van der Waals surface area contributed by atoms with Crippen molar-refractivity contribution in [2.45, 2.75) is 17.6 Å². The minimum atomic E-state index is 0.270. The Labute approximate surface area is 85.4 Å². The van der Waals surface area contributed by atoms with Crippen LogP contribution in [0.25, 0.3) is 0 Å². The Morgan fingerprint density at radius 1 is 1.85 bits per heavy atom. The lowest BCUT2D eigenvalue weighted by atomic mass is 10.5. The third-order valence-corrected chi connectivity index (χ3v) is 3.71. The van der Waals surface area contributed by atoms with Gasteiger partial charge in [0, 0.05) is 6.21 Å². The number of hydrogen-bond donors (Lipinski definition) is 1. The van der Waals surface area contributed by atoms with Crippen LogP contribution in [0.3, 0.4) is 0 Å². The van der Waals surface area contributed by atoms with Crippen molar-refractivity contribution in [3.8, 4) is 0 Å². The molecule has 0 amide bonds. The van der Waals surface area contributed by atoms with Crippen molar-refractivity contribution in [3.63, 3.8) is 0 Å². The number of nitrogens with zero attached hydrogens (tertiary/aromatic N) is 3. The van der Waals surface area contributed by atoms with Crippen molar-refractivity contribution < 1.29 is 0 Å². The maximum Gasteiger partial charge on any atom is 0.216 e. The van der Waals surface area contributed by atoms with Crippen molar-refractivity contribution >= 4 is 30.2 Å². The summed E-state index contributed by atoms with van der Waals surface area (Å²) in [6.45, 7) is 0. The van der Waals surface area contributed by atoms with Crippen molar-refractivity contribution in [1.29, 1.82) is 0 Å². The van der Waals surface area contributed by atoms with Gasteiger partial charge in [0.2, 0.25) is 4.77 Å². The summed E-state index contributed by atoms with van der Waals surface area (Å²) in [6, 6.07) is 0. The summed E-state index contributed by atoms with van der Waals surface area (Å²) >= 11 is 6.79. The van der Waals surface area contributed by atoms with E-state index in [-0.39, 0.29) is 4.75 Å². The molecule has 1 aliphatic carbocycles. The van der Waals surface area contributed by atoms with E-state index in [9.17, 15) is 0 Å². The Kier molecular flexibility index (Phi) is 2.25. The molecule has 0 aliphatic heterocycles. The molecule has 0 atom stereocenters. The molecule has 4 nitrogen and oxygen atoms in total. The Morgan fingerprint density at radius 3 is 3.08 bits per heavy atom. The van der Waals surface area contributed by atoms with Gasteiger partial charge in [-0.15, -0.1) is 0 Å². The van der Waals surface area contributed by atoms with Gasteiger partial charge in [0.1, 0.15) is 6.33 Å². The molecule has 2 rings (SSSR count). The zero-order chi connectivity index (χ0) is 9.31. The lowest BCUT2D eigenvalue weighted by Gasteiger charge is -2.01. The Bertz CT molecular complexity index is 374. The summed E-state index contributed by atoms with van der Waals surface area (Å²) in [5.41, 5.74) is 0. The van der Waals surface area contributed by atoms with E-state index in [0.717, 1.165) is 0 Å². The number of H-pyrrole nitrogens is 1. The van der Waals surface area contributed by atoms with Gasteiger partial charge in [-0.05, 0) is 31.3 Å². The summed E-state index contributed by atoms with van der Waals surface area (Å²) in [5.74, 6) is 0. The van der Waals surface area contributed by atoms with Crippen molar-refractivity contribution in [2.75, 3.05) is 6.26 Å². The van der Waals surface area contributed by atoms with Crippen LogP contribution in [-0.2, 0) is 0 Å². The maximum atomic E-state index is 4.95. The third kappa shape index (κ3) is 1.83. The van der Waals surface area contributed by atoms with E-state index in [0.29, 0.717) is 4.77 Å². The highest BCUT2D eigenvalue weighted by atomic mass is 32.2. The molecule has 70 valence electrons. The fourth-order valence-corrected chi connectivity index (χ4v) is 1.81. The number of hydrogen-bond acceptors (Lipinski definition) is 4. The van der Waals surface area contributed by atoms with Gasteiger partial charge in [-0.25, -0.2) is 0 Å². The molecule has 1 aliphatic rings. The third-order valence-electron chi connectivity index (χ3n) is 2.10. The van der Waals surface area contributed by atoms with E-state index in [2.05, 4.69) is 21.6 Å². The number of nitrogens with one attached hydrogen (secondary N) is 1. The van der Waals surface area contributed by atoms with Crippen molar-refractivity contribution in [3.05, 3.63) is 11.1 Å². The zero-order valence-corrected chi connectivity index (χ0v) is 8.86. The van der Waals surface area contributed by atoms with E-state index in [1.807, 2.05) is 18.0 Å². The molecule has 0 radical (unpaired) electrons. The number of aromatic amines is 1. The topological polar surface area (TPSA) is 46.0 Å². The highest BCUT2D eigenvalue weighted by Gasteiger charge is 2.40. The molecule has 1 saturated carbocycles. The molecule has 1 N–H and O–H groups in total. The normalized spacial score (nSPS) is 19.5. The SMILES string of the molecule is CSC1(/C=N/n2cn[nH]c2=S)CC1. The summed E-state index contributed by atoms with van der Waals surface area (Å²) in [4.78, 5) is 0. The van der Waals surface area contributed by atoms with Crippen LogP contribution in [0.4, 0.5) is 0 Å². The quantitative estimate of drug-likeness (QED) is 0.615. The smallest absolute Gasteiger partial charge is 0.216 e. The molecule has 1 heterocycles. The van der Waals surface area contributed by atoms with Crippen LogP contribution >= 0.6 is 24.0 Å². The van der Waals surface area contributed by atoms with Gasteiger partial charge < -0.3 is 0 Å². The minimum absolute atomic E-state index is 0.270. The van der Waals surface area contributed by atoms with Crippen LogP contribution in [0, 0.1) is 4.77 Å². The fourth-order valence-electron chi connectivity index (χ4n) is 1.00. The highest BCUT2D eigenvalue weighted by molar-refractivity contribution is 8.00. The molecular formula is C7H10N4S2. The van der Waals surface area contributed by atoms with E-state index in [4.69, 9.17) is 12.2 Å². The first kappa shape index (κ1) is 8.96. The molecule has 0 aromatic carbocycles. The number of aromatic nitrogens is 3. The second kappa shape index (κ2) is 3.26. The van der Waals surface area contributed by atoms with Gasteiger partial charge in [0.05, 0.1) is 4.75 Å². The van der Waals surface area contributed by atoms with E-state index in [1.165, 1.54) is 12.8 Å². The van der Waals surface area contributed by atoms with Gasteiger partial charge in [0.15, 0.2) is 0 Å². The standard InChI is InChI=1S/C7H10N4S2/c1-13-7(2-3-7)4-9-11-5-8-10-6(11)12/h4-5H,2-3H2,1H3,(H,10,12)/b9-4+. The second-order valence-corrected chi connectivity index (χ2v) is 4.63. The first-order valence-electron chi connectivity index (χ1n) is 3.98. The molecule has 0 spiro atoms. The summed E-state index contributed by atoms with van der Waals surface area (Å²) in [5, 5.41) is 10.7. The first-order chi connectivity index (χ1) is 6.26. The van der Waals surface area contributed by atoms with Gasteiger partial charge in [-0.2, -0.15) is 26.6 Å². The van der Waals surface area contributed by atoms with Crippen LogP contribution in [-0.4, -0.2) is 32.1 Å². The highest BCUT2D eigenvalue weighted by Crippen LogP contribution is 2.45. The van der Waals surface area contributed by atoms with Crippen LogP contribution in [0.5, 0.6) is 0 Å². The lowest BCUT2D eigenvalue weighted by molar-refractivity contribution is 0.856. The molecule has 0 bridgehead atoms. The van der Waals surface area contributed by atoms with E-state index in [1.54, 1.807) is 11.0 Å². The van der Waals surface area contributed by atoms with Gasteiger partial charge >= 0.3 is 0 Å². The molecule has 1 fully saturated rings. The molecule has 0 unspecified atom stereocenters. The van der Waals surface area contributed by atoms with Crippen LogP contribution in [0.1, 0.15) is 12.8 Å². The summed E-state index contributed by atoms with van der Waals surface area (Å²) in [6.07, 6.45) is 8.07. The Balaban J connectivity index is 2.14. The first-order valence-corrected chi connectivity index (χ1v) is 5.62. The number of thioether (sulfide) groups is 1. The Hall–Kier alpha value is -0.620. The van der Waals surface area contributed by atoms with Gasteiger partial charge in [-0.1, -0.05) is 0 Å². The van der Waals surface area contributed by atoms with Crippen LogP contribution in [0.15, 0.2) is 11.4 Å². The summed E-state index contributed by atoms with van der Waals surface area (Å²) in [7, 11) is 0. The average molecular weight is 214 g/mol. The molecular weight excluding hydrogens is 204 g/mol. The van der Waals surface area contributed by atoms with Crippen LogP contribution in [0.2, 0.25) is 0 Å². The minimum Gasteiger partial charge on any atom is -0.250 e. The van der Waals surface area contributed by atoms with Crippen molar-refractivity contribution in [1.82, 2.24) is 14.9 Å². The number of rotatable bonds is 3. The molecule has 1 aromatic heterocycles. The average Bonchev–Trinajstić information content (AvgIpc) is 2.82. The zero-order valence-electron chi connectivity index (χ0n) is 7.23. The lowest BCUT2D eigenvalue weighted by Crippen LogP contribution is -2.04. The van der Waals surface area contributed by atoms with E-state index < -0.39 is 0 Å². The maximum absolute atomic E-state index is 4.95. The largest absolute Gasteiger partial charge is 0.250 e. The molecule has 13 heavy (non-hydrogen) atoms.